The molecule has 3 rings (SSSR count). The maximum absolute atomic E-state index is 11.9. The zero-order chi connectivity index (χ0) is 41.4. The molecule has 11 nitrogen and oxygen atoms in total. The Morgan fingerprint density at radius 3 is 1.64 bits per heavy atom. The van der Waals surface area contributed by atoms with E-state index in [0.29, 0.717) is 29.0 Å². The number of hydrazine groups is 1. The first-order valence-corrected chi connectivity index (χ1v) is 24.8. The molecule has 0 fully saturated rings. The maximum Gasteiger partial charge on any atom is 0.271 e. The molecule has 0 aliphatic heterocycles. The third-order valence-corrected chi connectivity index (χ3v) is 20.8. The summed E-state index contributed by atoms with van der Waals surface area (Å²) in [4.78, 5) is 31.4. The fourth-order valence-electron chi connectivity index (χ4n) is 2.67. The zero-order valence-corrected chi connectivity index (χ0v) is 39.9. The van der Waals surface area contributed by atoms with Crippen LogP contribution in [0.15, 0.2) is 28.9 Å². The quantitative estimate of drug-likeness (QED) is 0.0976. The minimum Gasteiger partial charge on any atom is -0.418 e. The fraction of sp³-hybridized carbons (Fsp3) is 0.533. The van der Waals surface area contributed by atoms with Crippen molar-refractivity contribution in [2.75, 3.05) is 6.61 Å². The van der Waals surface area contributed by atoms with Crippen LogP contribution in [0.2, 0.25) is 56.6 Å². The molecule has 2 N–H and O–H groups in total. The molecular weight excluding hydrogens is 935 g/mol. The SMILES string of the molecule is CC(C)(C)[Si](C)(C)OCC(=O)NNC(=O)c1cnc(Cl)c(Cl)c1.CC(C)(C)[Si](C)(C)OCc1nnc(-c2cnc(Cl)c(Cl)c2)o1.ClC(Cl)(Cl)C(Cl)(Cl)Cl. The first kappa shape index (κ1) is 50.7. The van der Waals surface area contributed by atoms with Gasteiger partial charge in [0, 0.05) is 12.4 Å². The van der Waals surface area contributed by atoms with Crippen molar-refractivity contribution >= 4 is 144 Å². The lowest BCUT2D eigenvalue weighted by Crippen LogP contribution is -2.47. The van der Waals surface area contributed by atoms with Crippen molar-refractivity contribution in [3.05, 3.63) is 56.3 Å². The molecule has 0 spiro atoms. The Morgan fingerprint density at radius 1 is 0.717 bits per heavy atom. The summed E-state index contributed by atoms with van der Waals surface area (Å²) >= 11 is 54.1. The van der Waals surface area contributed by atoms with Crippen LogP contribution in [0.25, 0.3) is 11.5 Å². The normalized spacial score (nSPS) is 12.6. The number of aromatic nitrogens is 4. The van der Waals surface area contributed by atoms with E-state index >= 15 is 0 Å². The summed E-state index contributed by atoms with van der Waals surface area (Å²) in [6.07, 6.45) is 2.81. The second kappa shape index (κ2) is 20.4. The molecule has 2 amide bonds. The smallest absolute Gasteiger partial charge is 0.271 e. The highest BCUT2D eigenvalue weighted by Crippen LogP contribution is 2.48. The lowest BCUT2D eigenvalue weighted by molar-refractivity contribution is -0.124. The monoisotopic (exact) mass is 970 g/mol. The number of nitrogens with one attached hydrogen (secondary N) is 2. The van der Waals surface area contributed by atoms with Crippen molar-refractivity contribution in [3.8, 4) is 11.5 Å². The summed E-state index contributed by atoms with van der Waals surface area (Å²) < 4.78 is 13.7. The van der Waals surface area contributed by atoms with Crippen LogP contribution in [0.5, 0.6) is 0 Å². The van der Waals surface area contributed by atoms with Crippen LogP contribution < -0.4 is 10.9 Å². The molecule has 0 aliphatic carbocycles. The van der Waals surface area contributed by atoms with E-state index in [2.05, 4.69) is 85.7 Å². The molecule has 3 aromatic rings. The third-order valence-electron chi connectivity index (χ3n) is 7.94. The Morgan fingerprint density at radius 2 is 1.19 bits per heavy atom. The van der Waals surface area contributed by atoms with Gasteiger partial charge in [0.2, 0.25) is 19.4 Å². The van der Waals surface area contributed by atoms with Gasteiger partial charge in [0.05, 0.1) is 21.2 Å². The van der Waals surface area contributed by atoms with Gasteiger partial charge in [0.1, 0.15) is 23.5 Å². The largest absolute Gasteiger partial charge is 0.418 e. The average molecular weight is 975 g/mol. The molecule has 0 aromatic carbocycles. The average Bonchev–Trinajstić information content (AvgIpc) is 3.48. The highest BCUT2D eigenvalue weighted by atomic mass is 35.6. The number of nitrogens with zero attached hydrogens (tertiary/aromatic N) is 4. The van der Waals surface area contributed by atoms with Gasteiger partial charge in [-0.15, -0.1) is 10.2 Å². The molecule has 0 aliphatic rings. The van der Waals surface area contributed by atoms with Crippen LogP contribution in [-0.4, -0.2) is 62.8 Å². The summed E-state index contributed by atoms with van der Waals surface area (Å²) in [5, 5.41) is 8.99. The number of pyridine rings is 2. The Balaban J connectivity index is 0.000000441. The predicted octanol–water partition coefficient (Wildman–Crippen LogP) is 11.9. The Bertz CT molecular complexity index is 1680. The standard InChI is InChI=1S/C14H21Cl2N3O3Si.C14H19Cl2N3O2Si.C2Cl6/c1-14(2,3)23(4,5)22-8-11(20)18-19-13(21)9-6-10(15)12(16)17-7-9;1-14(2,3)22(4,5)20-8-11-18-19-13(21-11)9-6-10(15)12(16)17-7-9;3-1(4,5)2(6,7)8/h6-7H,8H2,1-5H3,(H,18,20)(H,19,21);6-7H,8H2,1-5H3;. The molecule has 0 saturated heterocycles. The number of hydrogen-bond donors (Lipinski definition) is 2. The van der Waals surface area contributed by atoms with Gasteiger partial charge in [0.25, 0.3) is 11.8 Å². The second-order valence-corrected chi connectivity index (χ2v) is 29.8. The number of hydrogen-bond acceptors (Lipinski definition) is 9. The van der Waals surface area contributed by atoms with E-state index in [4.69, 9.17) is 129 Å². The van der Waals surface area contributed by atoms with Gasteiger partial charge in [-0.25, -0.2) is 9.97 Å². The van der Waals surface area contributed by atoms with Crippen LogP contribution in [0.3, 0.4) is 0 Å². The fourth-order valence-corrected chi connectivity index (χ4v) is 5.05. The van der Waals surface area contributed by atoms with E-state index in [1.807, 2.05) is 13.1 Å². The van der Waals surface area contributed by atoms with Crippen LogP contribution in [0, 0.1) is 0 Å². The highest BCUT2D eigenvalue weighted by molar-refractivity contribution is 6.83. The van der Waals surface area contributed by atoms with Gasteiger partial charge < -0.3 is 13.3 Å². The molecule has 0 unspecified atom stereocenters. The van der Waals surface area contributed by atoms with Crippen LogP contribution >= 0.6 is 116 Å². The molecule has 3 aromatic heterocycles. The number of rotatable bonds is 8. The first-order valence-electron chi connectivity index (χ1n) is 15.2. The van der Waals surface area contributed by atoms with Gasteiger partial charge in [-0.1, -0.05) is 158 Å². The summed E-state index contributed by atoms with van der Waals surface area (Å²) in [6, 6.07) is 3.01. The minimum atomic E-state index is -2.02. The van der Waals surface area contributed by atoms with Crippen molar-refractivity contribution in [2.45, 2.75) is 92.0 Å². The van der Waals surface area contributed by atoms with Crippen LogP contribution in [-0.2, 0) is 20.3 Å². The van der Waals surface area contributed by atoms with E-state index in [9.17, 15) is 9.59 Å². The predicted molar refractivity (Wildman–Crippen MR) is 223 cm³/mol. The molecule has 0 saturated carbocycles. The van der Waals surface area contributed by atoms with Gasteiger partial charge in [0.15, 0.2) is 16.6 Å². The lowest BCUT2D eigenvalue weighted by Gasteiger charge is -2.35. The molecule has 0 atom stereocenters. The van der Waals surface area contributed by atoms with Crippen LogP contribution in [0.4, 0.5) is 0 Å². The third kappa shape index (κ3) is 16.9. The number of amides is 2. The van der Waals surface area contributed by atoms with Crippen molar-refractivity contribution in [1.29, 1.82) is 0 Å². The van der Waals surface area contributed by atoms with Gasteiger partial charge in [-0.05, 0) is 48.4 Å². The second-order valence-electron chi connectivity index (χ2n) is 14.1. The number of carbonyl (C=O) groups is 2. The molecule has 0 bridgehead atoms. The Hall–Kier alpha value is -0.366. The first-order chi connectivity index (χ1) is 23.8. The molecule has 53 heavy (non-hydrogen) atoms. The van der Waals surface area contributed by atoms with E-state index in [-0.39, 0.29) is 37.6 Å². The molecule has 23 heteroatoms. The Kier molecular flexibility index (Phi) is 19.5. The lowest BCUT2D eigenvalue weighted by atomic mass is 10.2. The van der Waals surface area contributed by atoms with Crippen LogP contribution in [0.1, 0.15) is 57.8 Å². The van der Waals surface area contributed by atoms with Crippen molar-refractivity contribution in [2.24, 2.45) is 0 Å². The summed E-state index contributed by atoms with van der Waals surface area (Å²) in [6.45, 7) is 21.4. The van der Waals surface area contributed by atoms with Gasteiger partial charge in [-0.2, -0.15) is 0 Å². The number of carbonyl (C=O) groups excluding carboxylic acids is 2. The minimum absolute atomic E-state index is 0.00224. The zero-order valence-electron chi connectivity index (χ0n) is 30.3. The number of halogens is 10. The highest BCUT2D eigenvalue weighted by Gasteiger charge is 2.44. The van der Waals surface area contributed by atoms with E-state index in [1.165, 1.54) is 12.3 Å². The van der Waals surface area contributed by atoms with Crippen molar-refractivity contribution < 1.29 is 22.9 Å². The molecule has 3 heterocycles. The topological polar surface area (TPSA) is 141 Å². The Labute approximate surface area is 361 Å². The summed E-state index contributed by atoms with van der Waals surface area (Å²) in [5.74, 6) is -0.196. The van der Waals surface area contributed by atoms with E-state index in [1.54, 1.807) is 12.3 Å². The van der Waals surface area contributed by atoms with E-state index < -0.39 is 36.0 Å². The van der Waals surface area contributed by atoms with Gasteiger partial charge in [-0.3, -0.25) is 20.4 Å². The summed E-state index contributed by atoms with van der Waals surface area (Å²) in [7, 11) is -3.87. The van der Waals surface area contributed by atoms with Crippen molar-refractivity contribution in [1.82, 2.24) is 31.0 Å². The molecular formula is C30H40Cl10N6O5Si2. The summed E-state index contributed by atoms with van der Waals surface area (Å²) in [5.41, 5.74) is 5.38. The van der Waals surface area contributed by atoms with Crippen molar-refractivity contribution in [3.63, 3.8) is 0 Å². The maximum atomic E-state index is 11.9. The molecule has 0 radical (unpaired) electrons. The van der Waals surface area contributed by atoms with E-state index in [0.717, 1.165) is 0 Å². The number of alkyl halides is 6. The molecule has 298 valence electrons. The van der Waals surface area contributed by atoms with Gasteiger partial charge >= 0.3 is 0 Å².